The first kappa shape index (κ1) is 34.2. The number of nitrogens with one attached hydrogen (secondary N) is 2. The summed E-state index contributed by atoms with van der Waals surface area (Å²) in [6.45, 7) is 3.59. The maximum absolute atomic E-state index is 13.3. The first-order chi connectivity index (χ1) is 24.9. The zero-order valence-corrected chi connectivity index (χ0v) is 28.9. The van der Waals surface area contributed by atoms with Crippen molar-refractivity contribution in [1.82, 2.24) is 14.7 Å². The van der Waals surface area contributed by atoms with Crippen molar-refractivity contribution in [3.63, 3.8) is 0 Å². The summed E-state index contributed by atoms with van der Waals surface area (Å²) in [5.41, 5.74) is 6.96. The van der Waals surface area contributed by atoms with Crippen LogP contribution in [0, 0.1) is 0 Å². The van der Waals surface area contributed by atoms with Crippen molar-refractivity contribution in [1.29, 1.82) is 0 Å². The molecule has 0 saturated carbocycles. The molecule has 2 fully saturated rings. The Morgan fingerprint density at radius 1 is 0.569 bits per heavy atom. The molecule has 0 bridgehead atoms. The molecule has 2 saturated heterocycles. The lowest BCUT2D eigenvalue weighted by Gasteiger charge is -2.29. The zero-order chi connectivity index (χ0) is 35.2. The lowest BCUT2D eigenvalue weighted by molar-refractivity contribution is -0.136. The molecule has 4 amide bonds. The minimum atomic E-state index is -0.461. The zero-order valence-electron chi connectivity index (χ0n) is 28.9. The highest BCUT2D eigenvalue weighted by Crippen LogP contribution is 2.27. The molecule has 3 heterocycles. The van der Waals surface area contributed by atoms with E-state index in [4.69, 9.17) is 0 Å². The highest BCUT2D eigenvalue weighted by molar-refractivity contribution is 5.98. The predicted octanol–water partition coefficient (Wildman–Crippen LogP) is 5.59. The number of amides is 4. The van der Waals surface area contributed by atoms with Gasteiger partial charge in [-0.15, -0.1) is 0 Å². The second-order valence-corrected chi connectivity index (χ2v) is 13.9. The molecule has 0 aliphatic carbocycles. The third-order valence-electron chi connectivity index (χ3n) is 10.3. The fourth-order valence-electron chi connectivity index (χ4n) is 7.70. The van der Waals surface area contributed by atoms with Crippen LogP contribution in [0.5, 0.6) is 0 Å². The second-order valence-electron chi connectivity index (χ2n) is 13.9. The van der Waals surface area contributed by atoms with Crippen molar-refractivity contribution < 1.29 is 19.2 Å². The van der Waals surface area contributed by atoms with Gasteiger partial charge in [-0.1, -0.05) is 78.9 Å². The highest BCUT2D eigenvalue weighted by Gasteiger charge is 2.35. The van der Waals surface area contributed by atoms with E-state index in [1.807, 2.05) is 84.9 Å². The summed E-state index contributed by atoms with van der Waals surface area (Å²) < 4.78 is 0. The molecular weight excluding hydrogens is 638 g/mol. The molecule has 51 heavy (non-hydrogen) atoms. The molecule has 4 aromatic rings. The number of hydrogen-bond donors (Lipinski definition) is 2. The fourth-order valence-corrected chi connectivity index (χ4v) is 7.70. The van der Waals surface area contributed by atoms with Gasteiger partial charge < -0.3 is 20.4 Å². The summed E-state index contributed by atoms with van der Waals surface area (Å²) in [7, 11) is 0. The molecule has 4 aromatic carbocycles. The van der Waals surface area contributed by atoms with Crippen LogP contribution in [-0.4, -0.2) is 70.0 Å². The standard InChI is InChI=1S/C42H45N5O4/c48-39(25-30-10-3-1-4-11-30)46-21-8-16-37(46)41(50)43-35-15-7-14-32(24-35)28-45-23-20-33-27-36(19-18-34(33)29-45)44-42(51)38-17-9-22-47(38)40(49)26-31-12-5-2-6-13-31/h1-7,10-15,18-19,24,27,37-38H,8-9,16-17,20-23,25-26,28-29H2,(H,43,50)(H,44,51)/t37-,38-/m0/s1. The van der Waals surface area contributed by atoms with Crippen LogP contribution in [0.2, 0.25) is 0 Å². The van der Waals surface area contributed by atoms with E-state index in [0.717, 1.165) is 67.0 Å². The van der Waals surface area contributed by atoms with Gasteiger partial charge in [0.05, 0.1) is 12.8 Å². The lowest BCUT2D eigenvalue weighted by atomic mass is 9.98. The average molecular weight is 684 g/mol. The van der Waals surface area contributed by atoms with E-state index in [1.54, 1.807) is 9.80 Å². The van der Waals surface area contributed by atoms with Crippen LogP contribution < -0.4 is 10.6 Å². The number of likely N-dealkylation sites (tertiary alicyclic amines) is 2. The largest absolute Gasteiger partial charge is 0.330 e. The summed E-state index contributed by atoms with van der Waals surface area (Å²) in [6, 6.07) is 32.5. The lowest BCUT2D eigenvalue weighted by Crippen LogP contribution is -2.43. The van der Waals surface area contributed by atoms with Crippen LogP contribution in [0.25, 0.3) is 0 Å². The maximum Gasteiger partial charge on any atom is 0.247 e. The van der Waals surface area contributed by atoms with Crippen LogP contribution in [-0.2, 0) is 51.5 Å². The summed E-state index contributed by atoms with van der Waals surface area (Å²) in [6.07, 6.45) is 4.43. The highest BCUT2D eigenvalue weighted by atomic mass is 16.2. The van der Waals surface area contributed by atoms with E-state index in [2.05, 4.69) is 33.7 Å². The predicted molar refractivity (Wildman–Crippen MR) is 198 cm³/mol. The quantitative estimate of drug-likeness (QED) is 0.227. The van der Waals surface area contributed by atoms with Crippen molar-refractivity contribution in [2.75, 3.05) is 30.3 Å². The van der Waals surface area contributed by atoms with E-state index >= 15 is 0 Å². The fraction of sp³-hybridized carbons (Fsp3) is 0.333. The minimum Gasteiger partial charge on any atom is -0.330 e. The molecule has 0 aromatic heterocycles. The Labute approximate surface area is 299 Å². The van der Waals surface area contributed by atoms with Crippen LogP contribution >= 0.6 is 0 Å². The van der Waals surface area contributed by atoms with Crippen molar-refractivity contribution in [3.8, 4) is 0 Å². The van der Waals surface area contributed by atoms with E-state index in [0.29, 0.717) is 38.8 Å². The molecule has 0 radical (unpaired) electrons. The molecule has 2 atom stereocenters. The molecule has 7 rings (SSSR count). The van der Waals surface area contributed by atoms with Crippen LogP contribution in [0.15, 0.2) is 103 Å². The Morgan fingerprint density at radius 2 is 1.12 bits per heavy atom. The topological polar surface area (TPSA) is 102 Å². The smallest absolute Gasteiger partial charge is 0.247 e. The summed E-state index contributed by atoms with van der Waals surface area (Å²) in [5.74, 6) is -0.291. The van der Waals surface area contributed by atoms with Crippen LogP contribution in [0.4, 0.5) is 11.4 Å². The van der Waals surface area contributed by atoms with Gasteiger partial charge in [0.1, 0.15) is 12.1 Å². The number of nitrogens with zero attached hydrogens (tertiary/aromatic N) is 3. The third-order valence-corrected chi connectivity index (χ3v) is 10.3. The van der Waals surface area contributed by atoms with Gasteiger partial charge in [-0.2, -0.15) is 0 Å². The van der Waals surface area contributed by atoms with Gasteiger partial charge in [-0.3, -0.25) is 24.1 Å². The number of rotatable bonds is 10. The normalized spacial score (nSPS) is 18.7. The summed E-state index contributed by atoms with van der Waals surface area (Å²) >= 11 is 0. The Morgan fingerprint density at radius 3 is 1.71 bits per heavy atom. The molecular formula is C42H45N5O4. The van der Waals surface area contributed by atoms with E-state index < -0.39 is 12.1 Å². The third kappa shape index (κ3) is 8.37. The van der Waals surface area contributed by atoms with Crippen molar-refractivity contribution >= 4 is 35.0 Å². The molecule has 3 aliphatic heterocycles. The minimum absolute atomic E-state index is 0.0104. The first-order valence-electron chi connectivity index (χ1n) is 18.1. The number of anilines is 2. The SMILES string of the molecule is O=C(Nc1cccc(CN2CCc3cc(NC(=O)[C@@H]4CCCN4C(=O)Cc4ccccc4)ccc3C2)c1)[C@@H]1CCCN1C(=O)Cc1ccccc1. The molecule has 0 unspecified atom stereocenters. The van der Waals surface area contributed by atoms with Gasteiger partial charge in [0.25, 0.3) is 0 Å². The van der Waals surface area contributed by atoms with Gasteiger partial charge in [0.2, 0.25) is 23.6 Å². The van der Waals surface area contributed by atoms with Crippen molar-refractivity contribution in [2.24, 2.45) is 0 Å². The Hall–Kier alpha value is -5.28. The number of carbonyl (C=O) groups is 4. The van der Waals surface area contributed by atoms with E-state index in [-0.39, 0.29) is 23.6 Å². The van der Waals surface area contributed by atoms with E-state index in [1.165, 1.54) is 11.1 Å². The van der Waals surface area contributed by atoms with Gasteiger partial charge >= 0.3 is 0 Å². The number of benzene rings is 4. The van der Waals surface area contributed by atoms with Crippen LogP contribution in [0.1, 0.15) is 53.5 Å². The number of hydrogen-bond acceptors (Lipinski definition) is 5. The monoisotopic (exact) mass is 683 g/mol. The molecule has 0 spiro atoms. The van der Waals surface area contributed by atoms with Crippen molar-refractivity contribution in [2.45, 2.75) is 70.1 Å². The Balaban J connectivity index is 0.916. The van der Waals surface area contributed by atoms with Gasteiger partial charge in [0.15, 0.2) is 0 Å². The number of carbonyl (C=O) groups excluding carboxylic acids is 4. The Kier molecular flexibility index (Phi) is 10.5. The molecule has 9 nitrogen and oxygen atoms in total. The van der Waals surface area contributed by atoms with E-state index in [9.17, 15) is 19.2 Å². The first-order valence-corrected chi connectivity index (χ1v) is 18.1. The summed E-state index contributed by atoms with van der Waals surface area (Å²) in [5, 5.41) is 6.17. The summed E-state index contributed by atoms with van der Waals surface area (Å²) in [4.78, 5) is 58.6. The number of fused-ring (bicyclic) bond motifs is 1. The van der Waals surface area contributed by atoms with Gasteiger partial charge in [0, 0.05) is 44.1 Å². The molecule has 3 aliphatic rings. The van der Waals surface area contributed by atoms with Gasteiger partial charge in [-0.25, -0.2) is 0 Å². The Bertz CT molecular complexity index is 1880. The van der Waals surface area contributed by atoms with Gasteiger partial charge in [-0.05, 0) is 84.2 Å². The maximum atomic E-state index is 13.3. The molecule has 262 valence electrons. The second kappa shape index (κ2) is 15.7. The molecule has 2 N–H and O–H groups in total. The van der Waals surface area contributed by atoms with Crippen LogP contribution in [0.3, 0.4) is 0 Å². The average Bonchev–Trinajstić information content (AvgIpc) is 3.84. The molecule has 9 heteroatoms. The van der Waals surface area contributed by atoms with Crippen molar-refractivity contribution in [3.05, 3.63) is 131 Å².